The number of amides is 1. The molecule has 0 N–H and O–H groups in total. The van der Waals surface area contributed by atoms with Crippen LogP contribution in [0.15, 0.2) is 57.6 Å². The molecule has 1 amide bonds. The van der Waals surface area contributed by atoms with Crippen molar-refractivity contribution in [1.29, 1.82) is 0 Å². The van der Waals surface area contributed by atoms with Crippen LogP contribution < -0.4 is 4.90 Å². The zero-order chi connectivity index (χ0) is 19.0. The van der Waals surface area contributed by atoms with E-state index in [1.807, 2.05) is 0 Å². The molecule has 5 nitrogen and oxygen atoms in total. The van der Waals surface area contributed by atoms with Crippen LogP contribution in [0, 0.1) is 5.82 Å². The first-order valence-electron chi connectivity index (χ1n) is 8.40. The number of hydrogen-bond acceptors (Lipinski definition) is 4. The summed E-state index contributed by atoms with van der Waals surface area (Å²) in [6.45, 7) is 0.708. The number of carbonyl (C=O) groups excluding carboxylic acids is 2. The van der Waals surface area contributed by atoms with Crippen molar-refractivity contribution in [2.75, 3.05) is 11.4 Å². The first kappa shape index (κ1) is 17.6. The third kappa shape index (κ3) is 3.55. The predicted octanol–water partition coefficient (Wildman–Crippen LogP) is 4.06. The Bertz CT molecular complexity index is 999. The normalized spacial score (nSPS) is 18.2. The van der Waals surface area contributed by atoms with Crippen LogP contribution in [0.4, 0.5) is 10.1 Å². The molecule has 0 radical (unpaired) electrons. The molecule has 0 aliphatic carbocycles. The van der Waals surface area contributed by atoms with Gasteiger partial charge in [-0.3, -0.25) is 4.79 Å². The molecule has 7 heteroatoms. The Morgan fingerprint density at radius 1 is 1.15 bits per heavy atom. The molecular formula is C20H14BrFN2O3. The van der Waals surface area contributed by atoms with E-state index in [1.165, 1.54) is 12.1 Å². The zero-order valence-corrected chi connectivity index (χ0v) is 15.7. The van der Waals surface area contributed by atoms with Crippen molar-refractivity contribution in [3.05, 3.63) is 69.6 Å². The summed E-state index contributed by atoms with van der Waals surface area (Å²) in [6, 6.07) is 11.5. The lowest BCUT2D eigenvalue weighted by Gasteiger charge is -2.15. The highest BCUT2D eigenvalue weighted by Crippen LogP contribution is 2.25. The highest BCUT2D eigenvalue weighted by Gasteiger charge is 2.26. The van der Waals surface area contributed by atoms with Crippen LogP contribution in [0.2, 0.25) is 0 Å². The van der Waals surface area contributed by atoms with Crippen LogP contribution in [-0.4, -0.2) is 24.3 Å². The van der Waals surface area contributed by atoms with Crippen molar-refractivity contribution in [1.82, 2.24) is 0 Å². The fourth-order valence-corrected chi connectivity index (χ4v) is 3.39. The molecule has 2 aromatic rings. The Kier molecular flexibility index (Phi) is 4.61. The van der Waals surface area contributed by atoms with E-state index < -0.39 is 11.8 Å². The first-order chi connectivity index (χ1) is 13.0. The lowest BCUT2D eigenvalue weighted by atomic mass is 10.2. The van der Waals surface area contributed by atoms with E-state index in [9.17, 15) is 14.0 Å². The molecular weight excluding hydrogens is 415 g/mol. The molecule has 4 rings (SSSR count). The maximum Gasteiger partial charge on any atom is 0.363 e. The highest BCUT2D eigenvalue weighted by atomic mass is 79.9. The molecule has 0 spiro atoms. The minimum absolute atomic E-state index is 0.0285. The van der Waals surface area contributed by atoms with Gasteiger partial charge in [0.05, 0.1) is 0 Å². The van der Waals surface area contributed by atoms with Crippen molar-refractivity contribution in [3.8, 4) is 0 Å². The Labute approximate surface area is 163 Å². The maximum absolute atomic E-state index is 13.9. The maximum atomic E-state index is 13.9. The smallest absolute Gasteiger partial charge is 0.363 e. The van der Waals surface area contributed by atoms with Crippen LogP contribution in [0.3, 0.4) is 0 Å². The van der Waals surface area contributed by atoms with Crippen LogP contribution in [0.25, 0.3) is 6.08 Å². The second-order valence-corrected chi connectivity index (χ2v) is 7.11. The minimum atomic E-state index is -0.636. The summed E-state index contributed by atoms with van der Waals surface area (Å²) in [6.07, 6.45) is 2.77. The lowest BCUT2D eigenvalue weighted by Crippen LogP contribution is -2.23. The minimum Gasteiger partial charge on any atom is -0.402 e. The SMILES string of the molecule is O=C1OC(c2ccc(N3CCCC3=O)cc2)=NC1=Cc1cc(Br)ccc1F. The zero-order valence-electron chi connectivity index (χ0n) is 14.1. The molecule has 0 atom stereocenters. The van der Waals surface area contributed by atoms with Gasteiger partial charge in [-0.15, -0.1) is 0 Å². The standard InChI is InChI=1S/C20H14BrFN2O3/c21-14-5-8-16(22)13(10-14)11-17-20(26)27-19(23-17)12-3-6-15(7-4-12)24-9-1-2-18(24)25/h3-8,10-11H,1-2,9H2. The Balaban J connectivity index is 1.60. The van der Waals surface area contributed by atoms with E-state index in [-0.39, 0.29) is 23.1 Å². The molecule has 1 fully saturated rings. The van der Waals surface area contributed by atoms with Crippen molar-refractivity contribution in [2.24, 2.45) is 4.99 Å². The first-order valence-corrected chi connectivity index (χ1v) is 9.19. The van der Waals surface area contributed by atoms with Gasteiger partial charge in [0, 0.05) is 34.3 Å². The average molecular weight is 429 g/mol. The van der Waals surface area contributed by atoms with Gasteiger partial charge in [0.25, 0.3) is 0 Å². The van der Waals surface area contributed by atoms with E-state index in [4.69, 9.17) is 4.74 Å². The summed E-state index contributed by atoms with van der Waals surface area (Å²) in [4.78, 5) is 29.8. The summed E-state index contributed by atoms with van der Waals surface area (Å²) in [5.74, 6) is -0.834. The molecule has 0 saturated carbocycles. The molecule has 2 aliphatic heterocycles. The molecule has 0 aromatic heterocycles. The van der Waals surface area contributed by atoms with Crippen LogP contribution >= 0.6 is 15.9 Å². The number of aliphatic imine (C=N–C) groups is 1. The quantitative estimate of drug-likeness (QED) is 0.546. The van der Waals surface area contributed by atoms with E-state index in [1.54, 1.807) is 41.3 Å². The number of ether oxygens (including phenoxy) is 1. The number of anilines is 1. The van der Waals surface area contributed by atoms with Crippen molar-refractivity contribution < 1.29 is 18.7 Å². The highest BCUT2D eigenvalue weighted by molar-refractivity contribution is 9.10. The summed E-state index contributed by atoms with van der Waals surface area (Å²) in [7, 11) is 0. The third-order valence-corrected chi connectivity index (χ3v) is 4.86. The van der Waals surface area contributed by atoms with Crippen molar-refractivity contribution in [2.45, 2.75) is 12.8 Å². The number of esters is 1. The largest absolute Gasteiger partial charge is 0.402 e. The van der Waals surface area contributed by atoms with E-state index in [0.29, 0.717) is 23.0 Å². The number of benzene rings is 2. The molecule has 2 heterocycles. The van der Waals surface area contributed by atoms with Gasteiger partial charge in [-0.2, -0.15) is 0 Å². The fraction of sp³-hybridized carbons (Fsp3) is 0.150. The van der Waals surface area contributed by atoms with Gasteiger partial charge < -0.3 is 9.64 Å². The van der Waals surface area contributed by atoms with Gasteiger partial charge in [0.2, 0.25) is 11.8 Å². The Morgan fingerprint density at radius 2 is 1.93 bits per heavy atom. The van der Waals surface area contributed by atoms with Gasteiger partial charge in [-0.1, -0.05) is 15.9 Å². The van der Waals surface area contributed by atoms with Gasteiger partial charge in [-0.05, 0) is 55.0 Å². The monoisotopic (exact) mass is 428 g/mol. The second-order valence-electron chi connectivity index (χ2n) is 6.20. The van der Waals surface area contributed by atoms with Crippen molar-refractivity contribution in [3.63, 3.8) is 0 Å². The molecule has 1 saturated heterocycles. The third-order valence-electron chi connectivity index (χ3n) is 4.37. The number of rotatable bonds is 3. The molecule has 27 heavy (non-hydrogen) atoms. The fourth-order valence-electron chi connectivity index (χ4n) is 3.01. The Hall–Kier alpha value is -2.80. The van der Waals surface area contributed by atoms with E-state index in [2.05, 4.69) is 20.9 Å². The van der Waals surface area contributed by atoms with Crippen LogP contribution in [0.1, 0.15) is 24.0 Å². The van der Waals surface area contributed by atoms with Crippen LogP contribution in [0.5, 0.6) is 0 Å². The lowest BCUT2D eigenvalue weighted by molar-refractivity contribution is -0.130. The van der Waals surface area contributed by atoms with E-state index in [0.717, 1.165) is 12.1 Å². The van der Waals surface area contributed by atoms with Crippen LogP contribution in [-0.2, 0) is 14.3 Å². The number of nitrogens with zero attached hydrogens (tertiary/aromatic N) is 2. The van der Waals surface area contributed by atoms with E-state index >= 15 is 0 Å². The average Bonchev–Trinajstić information content (AvgIpc) is 3.24. The topological polar surface area (TPSA) is 59.0 Å². The van der Waals surface area contributed by atoms with Gasteiger partial charge in [0.1, 0.15) is 5.82 Å². The molecule has 2 aliphatic rings. The predicted molar refractivity (Wildman–Crippen MR) is 103 cm³/mol. The molecule has 0 unspecified atom stereocenters. The summed E-state index contributed by atoms with van der Waals surface area (Å²) < 4.78 is 19.8. The Morgan fingerprint density at radius 3 is 2.63 bits per heavy atom. The molecule has 136 valence electrons. The number of halogens is 2. The number of cyclic esters (lactones) is 1. The van der Waals surface area contributed by atoms with Crippen molar-refractivity contribution >= 4 is 45.5 Å². The molecule has 2 aromatic carbocycles. The summed E-state index contributed by atoms with van der Waals surface area (Å²) in [5.41, 5.74) is 1.68. The number of carbonyl (C=O) groups is 2. The van der Waals surface area contributed by atoms with Gasteiger partial charge >= 0.3 is 5.97 Å². The summed E-state index contributed by atoms with van der Waals surface area (Å²) >= 11 is 3.27. The summed E-state index contributed by atoms with van der Waals surface area (Å²) in [5, 5.41) is 0. The second kappa shape index (κ2) is 7.08. The number of hydrogen-bond donors (Lipinski definition) is 0. The van der Waals surface area contributed by atoms with Gasteiger partial charge in [-0.25, -0.2) is 14.2 Å². The van der Waals surface area contributed by atoms with Gasteiger partial charge in [0.15, 0.2) is 5.70 Å². The molecule has 0 bridgehead atoms.